The predicted molar refractivity (Wildman–Crippen MR) is 71.2 cm³/mol. The fourth-order valence-electron chi connectivity index (χ4n) is 1.92. The molecule has 1 aliphatic carbocycles. The molecule has 0 heterocycles. The van der Waals surface area contributed by atoms with E-state index in [0.29, 0.717) is 0 Å². The minimum Gasteiger partial charge on any atom is -0.271 e. The minimum absolute atomic E-state index is 0.158. The molecule has 0 amide bonds. The number of hydrogen-bond acceptors (Lipinski definition) is 2. The summed E-state index contributed by atoms with van der Waals surface area (Å²) in [4.78, 5) is 0. The summed E-state index contributed by atoms with van der Waals surface area (Å²) in [5.74, 6) is 6.52. The van der Waals surface area contributed by atoms with E-state index in [4.69, 9.17) is 17.4 Å². The Morgan fingerprint density at radius 2 is 2.25 bits per heavy atom. The number of benzene rings is 1. The lowest BCUT2D eigenvalue weighted by molar-refractivity contribution is 0.482. The van der Waals surface area contributed by atoms with Crippen molar-refractivity contribution < 1.29 is 0 Å². The molecule has 0 aromatic heterocycles. The molecular weight excluding hydrogens is 288 g/mol. The third kappa shape index (κ3) is 3.20. The van der Waals surface area contributed by atoms with E-state index in [2.05, 4.69) is 21.4 Å². The van der Waals surface area contributed by atoms with Crippen molar-refractivity contribution >= 4 is 27.5 Å². The molecule has 1 aromatic carbocycles. The van der Waals surface area contributed by atoms with Crippen LogP contribution in [-0.4, -0.2) is 0 Å². The van der Waals surface area contributed by atoms with Crippen molar-refractivity contribution in [2.24, 2.45) is 11.8 Å². The van der Waals surface area contributed by atoms with Gasteiger partial charge in [0, 0.05) is 15.5 Å². The Hall–Kier alpha value is -0.0900. The van der Waals surface area contributed by atoms with E-state index in [1.807, 2.05) is 18.2 Å². The second-order valence-corrected chi connectivity index (χ2v) is 5.73. The van der Waals surface area contributed by atoms with E-state index in [9.17, 15) is 0 Å². The Balaban J connectivity index is 2.07. The van der Waals surface area contributed by atoms with Gasteiger partial charge < -0.3 is 0 Å². The highest BCUT2D eigenvalue weighted by atomic mass is 79.9. The zero-order chi connectivity index (χ0) is 11.5. The molecule has 2 nitrogen and oxygen atoms in total. The zero-order valence-corrected chi connectivity index (χ0v) is 11.4. The molecular formula is C12H16BrClN2. The number of hydrogen-bond donors (Lipinski definition) is 2. The van der Waals surface area contributed by atoms with Crippen LogP contribution in [0.1, 0.15) is 37.3 Å². The van der Waals surface area contributed by atoms with E-state index in [0.717, 1.165) is 27.4 Å². The van der Waals surface area contributed by atoms with Gasteiger partial charge in [0.2, 0.25) is 0 Å². The van der Waals surface area contributed by atoms with E-state index in [-0.39, 0.29) is 6.04 Å². The number of hydrazine groups is 1. The van der Waals surface area contributed by atoms with Crippen molar-refractivity contribution in [2.75, 3.05) is 0 Å². The molecule has 16 heavy (non-hydrogen) atoms. The van der Waals surface area contributed by atoms with Crippen LogP contribution in [0.3, 0.4) is 0 Å². The Bertz CT molecular complexity index is 366. The minimum atomic E-state index is 0.158. The fourth-order valence-corrected chi connectivity index (χ4v) is 2.55. The van der Waals surface area contributed by atoms with Crippen molar-refractivity contribution in [1.29, 1.82) is 0 Å². The third-order valence-electron chi connectivity index (χ3n) is 3.10. The maximum Gasteiger partial charge on any atom is 0.0475 e. The van der Waals surface area contributed by atoms with Gasteiger partial charge in [-0.25, -0.2) is 0 Å². The smallest absolute Gasteiger partial charge is 0.0475 e. The predicted octanol–water partition coefficient (Wildman–Crippen LogP) is 3.80. The molecule has 1 saturated carbocycles. The maximum absolute atomic E-state index is 6.18. The van der Waals surface area contributed by atoms with Crippen molar-refractivity contribution in [3.05, 3.63) is 33.3 Å². The molecule has 88 valence electrons. The van der Waals surface area contributed by atoms with Crippen LogP contribution < -0.4 is 11.3 Å². The lowest BCUT2D eigenvalue weighted by Gasteiger charge is -2.17. The molecule has 1 atom stereocenters. The van der Waals surface area contributed by atoms with Gasteiger partial charge >= 0.3 is 0 Å². The van der Waals surface area contributed by atoms with Crippen molar-refractivity contribution in [3.63, 3.8) is 0 Å². The second kappa shape index (κ2) is 5.50. The summed E-state index contributed by atoms with van der Waals surface area (Å²) in [6, 6.07) is 6.05. The Kier molecular flexibility index (Phi) is 4.25. The summed E-state index contributed by atoms with van der Waals surface area (Å²) < 4.78 is 1.04. The van der Waals surface area contributed by atoms with Crippen LogP contribution in [0.4, 0.5) is 0 Å². The first-order chi connectivity index (χ1) is 7.70. The van der Waals surface area contributed by atoms with Gasteiger partial charge in [0.05, 0.1) is 0 Å². The number of nitrogens with one attached hydrogen (secondary N) is 1. The topological polar surface area (TPSA) is 38.0 Å². The highest BCUT2D eigenvalue weighted by Gasteiger charge is 2.23. The molecule has 1 unspecified atom stereocenters. The second-order valence-electron chi connectivity index (χ2n) is 4.41. The van der Waals surface area contributed by atoms with Gasteiger partial charge in [0.25, 0.3) is 0 Å². The molecule has 1 aliphatic rings. The summed E-state index contributed by atoms with van der Waals surface area (Å²) in [7, 11) is 0. The molecule has 0 radical (unpaired) electrons. The van der Waals surface area contributed by atoms with Gasteiger partial charge in [0.1, 0.15) is 0 Å². The van der Waals surface area contributed by atoms with Crippen molar-refractivity contribution in [2.45, 2.75) is 31.7 Å². The van der Waals surface area contributed by atoms with Gasteiger partial charge in [-0.05, 0) is 42.5 Å². The highest BCUT2D eigenvalue weighted by molar-refractivity contribution is 9.10. The normalized spacial score (nSPS) is 17.4. The van der Waals surface area contributed by atoms with Crippen LogP contribution in [0.15, 0.2) is 22.7 Å². The van der Waals surface area contributed by atoms with Crippen LogP contribution in [0.5, 0.6) is 0 Å². The van der Waals surface area contributed by atoms with E-state index < -0.39 is 0 Å². The molecule has 0 spiro atoms. The molecule has 4 heteroatoms. The Morgan fingerprint density at radius 1 is 1.50 bits per heavy atom. The monoisotopic (exact) mass is 302 g/mol. The first-order valence-electron chi connectivity index (χ1n) is 5.62. The van der Waals surface area contributed by atoms with Gasteiger partial charge in [0.15, 0.2) is 0 Å². The highest BCUT2D eigenvalue weighted by Crippen LogP contribution is 2.37. The largest absolute Gasteiger partial charge is 0.271 e. The van der Waals surface area contributed by atoms with Crippen LogP contribution in [0.2, 0.25) is 5.02 Å². The molecule has 0 bridgehead atoms. The summed E-state index contributed by atoms with van der Waals surface area (Å²) in [5, 5.41) is 0.780. The first-order valence-corrected chi connectivity index (χ1v) is 6.79. The molecule has 0 aliphatic heterocycles. The van der Waals surface area contributed by atoms with Crippen LogP contribution in [0.25, 0.3) is 0 Å². The number of halogens is 2. The summed E-state index contributed by atoms with van der Waals surface area (Å²) in [5.41, 5.74) is 3.95. The Labute approximate surface area is 110 Å². The van der Waals surface area contributed by atoms with Gasteiger partial charge in [-0.3, -0.25) is 11.3 Å². The van der Waals surface area contributed by atoms with E-state index >= 15 is 0 Å². The quantitative estimate of drug-likeness (QED) is 0.641. The third-order valence-corrected chi connectivity index (χ3v) is 3.93. The first kappa shape index (κ1) is 12.4. The Morgan fingerprint density at radius 3 is 2.88 bits per heavy atom. The average molecular weight is 304 g/mol. The summed E-state index contributed by atoms with van der Waals surface area (Å²) in [6.45, 7) is 0. The fraction of sp³-hybridized carbons (Fsp3) is 0.500. The van der Waals surface area contributed by atoms with Crippen LogP contribution >= 0.6 is 27.5 Å². The van der Waals surface area contributed by atoms with Gasteiger partial charge in [-0.15, -0.1) is 0 Å². The lowest BCUT2D eigenvalue weighted by Crippen LogP contribution is -2.28. The van der Waals surface area contributed by atoms with Crippen molar-refractivity contribution in [1.82, 2.24) is 5.43 Å². The number of rotatable bonds is 5. The van der Waals surface area contributed by atoms with E-state index in [1.54, 1.807) is 0 Å². The molecule has 0 saturated heterocycles. The molecule has 2 rings (SSSR count). The van der Waals surface area contributed by atoms with E-state index in [1.165, 1.54) is 19.3 Å². The average Bonchev–Trinajstić information content (AvgIpc) is 3.07. The van der Waals surface area contributed by atoms with Crippen LogP contribution in [-0.2, 0) is 0 Å². The van der Waals surface area contributed by atoms with Crippen LogP contribution in [0, 0.1) is 5.92 Å². The molecule has 1 aromatic rings. The SMILES string of the molecule is NNC(CCC1CC1)c1cc(Br)ccc1Cl. The van der Waals surface area contributed by atoms with Gasteiger partial charge in [-0.1, -0.05) is 40.4 Å². The summed E-state index contributed by atoms with van der Waals surface area (Å²) in [6.07, 6.45) is 5.04. The molecule has 1 fully saturated rings. The zero-order valence-electron chi connectivity index (χ0n) is 9.05. The maximum atomic E-state index is 6.18. The summed E-state index contributed by atoms with van der Waals surface area (Å²) >= 11 is 9.64. The standard InChI is InChI=1S/C12H16BrClN2/c13-9-4-5-11(14)10(7-9)12(16-15)6-3-8-1-2-8/h4-5,7-8,12,16H,1-3,6,15H2. The molecule has 3 N–H and O–H groups in total. The van der Waals surface area contributed by atoms with Crippen molar-refractivity contribution in [3.8, 4) is 0 Å². The number of nitrogens with two attached hydrogens (primary N) is 1. The van der Waals surface area contributed by atoms with Gasteiger partial charge in [-0.2, -0.15) is 0 Å². The lowest BCUT2D eigenvalue weighted by atomic mass is 10.0.